The predicted molar refractivity (Wildman–Crippen MR) is 123 cm³/mol. The van der Waals surface area contributed by atoms with Crippen LogP contribution in [0.5, 0.6) is 0 Å². The molecule has 0 atom stereocenters. The van der Waals surface area contributed by atoms with Crippen LogP contribution in [0, 0.1) is 5.92 Å². The highest BCUT2D eigenvalue weighted by molar-refractivity contribution is 6.43. The number of amides is 1. The number of anilines is 1. The molecule has 2 aliphatic rings. The third-order valence-electron chi connectivity index (χ3n) is 6.25. The zero-order chi connectivity index (χ0) is 20.8. The summed E-state index contributed by atoms with van der Waals surface area (Å²) in [6.07, 6.45) is 6.44. The van der Waals surface area contributed by atoms with Crippen molar-refractivity contribution < 1.29 is 4.79 Å². The van der Waals surface area contributed by atoms with Crippen molar-refractivity contribution in [1.82, 2.24) is 9.80 Å². The molecule has 2 saturated heterocycles. The van der Waals surface area contributed by atoms with Gasteiger partial charge in [0.25, 0.3) is 0 Å². The van der Waals surface area contributed by atoms with Crippen LogP contribution in [0.2, 0.25) is 10.0 Å². The van der Waals surface area contributed by atoms with Gasteiger partial charge in [0.15, 0.2) is 0 Å². The minimum Gasteiger partial charge on any atom is -0.368 e. The van der Waals surface area contributed by atoms with Crippen LogP contribution in [0.15, 0.2) is 29.8 Å². The van der Waals surface area contributed by atoms with Gasteiger partial charge in [0, 0.05) is 44.8 Å². The number of carbonyl (C=O) groups is 1. The Balaban J connectivity index is 1.39. The molecule has 1 aromatic carbocycles. The second kappa shape index (κ2) is 10.7. The maximum atomic E-state index is 12.4. The largest absolute Gasteiger partial charge is 0.368 e. The molecular weight excluding hydrogens is 405 g/mol. The number of hydrogen-bond acceptors (Lipinski definition) is 3. The van der Waals surface area contributed by atoms with E-state index in [1.54, 1.807) is 0 Å². The fourth-order valence-electron chi connectivity index (χ4n) is 4.38. The standard InChI is InChI=1S/C23H33Cl2N3O/c1-3-5-18(2)23(29)28-12-9-19(10-13-28)8-11-26-14-16-27(17-15-26)21-7-4-6-20(24)22(21)25/h4-7,19H,3,8-17H2,1-2H3/b18-5+. The maximum absolute atomic E-state index is 12.4. The highest BCUT2D eigenvalue weighted by Gasteiger charge is 2.25. The number of benzene rings is 1. The quantitative estimate of drug-likeness (QED) is 0.579. The van der Waals surface area contributed by atoms with E-state index in [-0.39, 0.29) is 5.91 Å². The van der Waals surface area contributed by atoms with Crippen molar-refractivity contribution in [3.8, 4) is 0 Å². The first kappa shape index (κ1) is 22.5. The van der Waals surface area contributed by atoms with E-state index < -0.39 is 0 Å². The average Bonchev–Trinajstić information content (AvgIpc) is 2.75. The first-order valence-corrected chi connectivity index (χ1v) is 11.6. The highest BCUT2D eigenvalue weighted by Crippen LogP contribution is 2.33. The van der Waals surface area contributed by atoms with Crippen molar-refractivity contribution in [2.75, 3.05) is 50.7 Å². The van der Waals surface area contributed by atoms with E-state index in [1.165, 1.54) is 6.42 Å². The lowest BCUT2D eigenvalue weighted by Gasteiger charge is -2.38. The molecule has 0 unspecified atom stereocenters. The second-order valence-corrected chi connectivity index (χ2v) is 9.01. The number of nitrogens with zero attached hydrogens (tertiary/aromatic N) is 3. The summed E-state index contributed by atoms with van der Waals surface area (Å²) in [7, 11) is 0. The molecule has 0 N–H and O–H groups in total. The van der Waals surface area contributed by atoms with Crippen LogP contribution in [-0.4, -0.2) is 61.5 Å². The summed E-state index contributed by atoms with van der Waals surface area (Å²) in [4.78, 5) is 19.3. The summed E-state index contributed by atoms with van der Waals surface area (Å²) in [5, 5.41) is 1.28. The molecule has 2 fully saturated rings. The van der Waals surface area contributed by atoms with E-state index in [9.17, 15) is 4.79 Å². The Kier molecular flexibility index (Phi) is 8.28. The van der Waals surface area contributed by atoms with Crippen molar-refractivity contribution in [3.05, 3.63) is 39.9 Å². The molecule has 1 aromatic rings. The Morgan fingerprint density at radius 1 is 1.10 bits per heavy atom. The zero-order valence-electron chi connectivity index (χ0n) is 17.7. The number of allylic oxidation sites excluding steroid dienone is 1. The molecule has 3 rings (SSSR count). The molecule has 1 amide bonds. The Bertz CT molecular complexity index is 721. The summed E-state index contributed by atoms with van der Waals surface area (Å²) in [6.45, 7) is 11.0. The van der Waals surface area contributed by atoms with Gasteiger partial charge >= 0.3 is 0 Å². The van der Waals surface area contributed by atoms with Crippen molar-refractivity contribution >= 4 is 34.8 Å². The summed E-state index contributed by atoms with van der Waals surface area (Å²) in [6, 6.07) is 5.85. The first-order valence-electron chi connectivity index (χ1n) is 10.9. The first-order chi connectivity index (χ1) is 14.0. The lowest BCUT2D eigenvalue weighted by molar-refractivity contribution is -0.128. The maximum Gasteiger partial charge on any atom is 0.249 e. The van der Waals surface area contributed by atoms with Crippen molar-refractivity contribution in [2.24, 2.45) is 5.92 Å². The summed E-state index contributed by atoms with van der Waals surface area (Å²) < 4.78 is 0. The van der Waals surface area contributed by atoms with Crippen LogP contribution in [-0.2, 0) is 4.79 Å². The molecule has 4 nitrogen and oxygen atoms in total. The number of carbonyl (C=O) groups excluding carboxylic acids is 1. The normalized spacial score (nSPS) is 19.7. The number of piperidine rings is 1. The minimum absolute atomic E-state index is 0.223. The molecule has 160 valence electrons. The van der Waals surface area contributed by atoms with Crippen LogP contribution >= 0.6 is 23.2 Å². The van der Waals surface area contributed by atoms with Gasteiger partial charge in [0.2, 0.25) is 5.91 Å². The van der Waals surface area contributed by atoms with Gasteiger partial charge in [-0.3, -0.25) is 9.69 Å². The topological polar surface area (TPSA) is 26.8 Å². The van der Waals surface area contributed by atoms with E-state index >= 15 is 0 Å². The van der Waals surface area contributed by atoms with Crippen LogP contribution in [0.4, 0.5) is 5.69 Å². The fourth-order valence-corrected chi connectivity index (χ4v) is 4.80. The molecule has 0 aromatic heterocycles. The van der Waals surface area contributed by atoms with E-state index in [2.05, 4.69) is 22.8 Å². The highest BCUT2D eigenvalue weighted by atomic mass is 35.5. The molecule has 0 radical (unpaired) electrons. The number of hydrogen-bond donors (Lipinski definition) is 0. The van der Waals surface area contributed by atoms with Gasteiger partial charge in [-0.25, -0.2) is 0 Å². The molecular formula is C23H33Cl2N3O. The van der Waals surface area contributed by atoms with E-state index in [4.69, 9.17) is 23.2 Å². The summed E-state index contributed by atoms with van der Waals surface area (Å²) in [5.41, 5.74) is 1.94. The number of rotatable bonds is 6. The van der Waals surface area contributed by atoms with Crippen LogP contribution in [0.3, 0.4) is 0 Å². The van der Waals surface area contributed by atoms with Gasteiger partial charge in [0.1, 0.15) is 0 Å². The van der Waals surface area contributed by atoms with Crippen molar-refractivity contribution in [1.29, 1.82) is 0 Å². The molecule has 29 heavy (non-hydrogen) atoms. The second-order valence-electron chi connectivity index (χ2n) is 8.22. The number of piperazine rings is 1. The zero-order valence-corrected chi connectivity index (χ0v) is 19.2. The summed E-state index contributed by atoms with van der Waals surface area (Å²) >= 11 is 12.5. The van der Waals surface area contributed by atoms with Crippen LogP contribution in [0.25, 0.3) is 0 Å². The number of likely N-dealkylation sites (tertiary alicyclic amines) is 1. The molecule has 0 saturated carbocycles. The average molecular weight is 438 g/mol. The summed E-state index contributed by atoms with van der Waals surface area (Å²) in [5.74, 6) is 0.955. The minimum atomic E-state index is 0.223. The van der Waals surface area contributed by atoms with Gasteiger partial charge in [-0.05, 0) is 57.2 Å². The Labute approximate surface area is 185 Å². The monoisotopic (exact) mass is 437 g/mol. The molecule has 0 aliphatic carbocycles. The Hall–Kier alpha value is -1.23. The Morgan fingerprint density at radius 3 is 2.45 bits per heavy atom. The van der Waals surface area contributed by atoms with Gasteiger partial charge in [-0.2, -0.15) is 0 Å². The smallest absolute Gasteiger partial charge is 0.249 e. The fraction of sp³-hybridized carbons (Fsp3) is 0.609. The van der Waals surface area contributed by atoms with Gasteiger partial charge < -0.3 is 9.80 Å². The van der Waals surface area contributed by atoms with Crippen molar-refractivity contribution in [2.45, 2.75) is 39.5 Å². The van der Waals surface area contributed by atoms with Gasteiger partial charge in [-0.1, -0.05) is 42.3 Å². The van der Waals surface area contributed by atoms with E-state index in [0.717, 1.165) is 82.3 Å². The Morgan fingerprint density at radius 2 is 1.79 bits per heavy atom. The van der Waals surface area contributed by atoms with Crippen LogP contribution < -0.4 is 4.90 Å². The van der Waals surface area contributed by atoms with E-state index in [1.807, 2.05) is 30.0 Å². The predicted octanol–water partition coefficient (Wildman–Crippen LogP) is 5.10. The third-order valence-corrected chi connectivity index (χ3v) is 7.06. The number of halogens is 2. The van der Waals surface area contributed by atoms with Gasteiger partial charge in [0.05, 0.1) is 15.7 Å². The molecule has 0 spiro atoms. The lowest BCUT2D eigenvalue weighted by atomic mass is 9.93. The molecule has 0 bridgehead atoms. The van der Waals surface area contributed by atoms with Gasteiger partial charge in [-0.15, -0.1) is 0 Å². The van der Waals surface area contributed by atoms with E-state index in [0.29, 0.717) is 10.0 Å². The molecule has 6 heteroatoms. The lowest BCUT2D eigenvalue weighted by Crippen LogP contribution is -2.47. The SMILES string of the molecule is CC/C=C(\C)C(=O)N1CCC(CCN2CCN(c3cccc(Cl)c3Cl)CC2)CC1. The van der Waals surface area contributed by atoms with Crippen LogP contribution in [0.1, 0.15) is 39.5 Å². The molecule has 2 heterocycles. The van der Waals surface area contributed by atoms with Crippen molar-refractivity contribution in [3.63, 3.8) is 0 Å². The third kappa shape index (κ3) is 5.90. The molecule has 2 aliphatic heterocycles.